The van der Waals surface area contributed by atoms with Crippen LogP contribution < -0.4 is 0 Å². The standard InChI is InChI=1S/C28H40ClNO6S/c1-7-9-19-25(33)16(2)10-8-11-28(6)23(36-28)13-21(20(29)12-18-15-37-17(3)30-18)35-24(32)14-22(31)27(4,5)26(19)34/h7,12,15-16,19,21-23,25,31,33H,1,8-11,13-14H2,2-6H3/b20-12+/t16-,19+,21-,22-,23-,25-,28+/m0/s1. The maximum Gasteiger partial charge on any atom is 0.309 e. The van der Waals surface area contributed by atoms with Gasteiger partial charge in [-0.1, -0.05) is 44.9 Å². The van der Waals surface area contributed by atoms with Crippen molar-refractivity contribution in [3.05, 3.63) is 33.8 Å². The number of thiazole rings is 1. The summed E-state index contributed by atoms with van der Waals surface area (Å²) in [5, 5.41) is 25.2. The lowest BCUT2D eigenvalue weighted by Gasteiger charge is -2.35. The number of ether oxygens (including phenoxy) is 2. The van der Waals surface area contributed by atoms with Crippen molar-refractivity contribution in [1.82, 2.24) is 4.98 Å². The van der Waals surface area contributed by atoms with Gasteiger partial charge < -0.3 is 19.7 Å². The maximum absolute atomic E-state index is 13.5. The Morgan fingerprint density at radius 3 is 2.65 bits per heavy atom. The van der Waals surface area contributed by atoms with E-state index in [1.54, 1.807) is 26.0 Å². The third-order valence-corrected chi connectivity index (χ3v) is 9.02. The zero-order valence-electron chi connectivity index (χ0n) is 22.4. The number of cyclic esters (lactones) is 1. The number of ketones is 1. The van der Waals surface area contributed by atoms with Crippen molar-refractivity contribution in [2.45, 2.75) is 103 Å². The monoisotopic (exact) mass is 553 g/mol. The number of aliphatic hydroxyl groups excluding tert-OH is 2. The Hall–Kier alpha value is -1.58. The number of aryl methyl sites for hydroxylation is 1. The van der Waals surface area contributed by atoms with E-state index in [9.17, 15) is 19.8 Å². The third-order valence-electron chi connectivity index (χ3n) is 7.88. The SMILES string of the molecule is C=CC[C@H]1C(=O)C(C)(C)[C@@H](O)CC(=O)O[C@H](/C(Cl)=C\c2csc(C)n2)C[C@@H]2O[C@]2(C)CCC[C@H](C)[C@@H]1O. The first-order valence-corrected chi connectivity index (χ1v) is 14.2. The fourth-order valence-electron chi connectivity index (χ4n) is 5.09. The second-order valence-corrected chi connectivity index (χ2v) is 12.7. The maximum atomic E-state index is 13.5. The van der Waals surface area contributed by atoms with Crippen LogP contribution in [0.2, 0.25) is 0 Å². The average molecular weight is 554 g/mol. The minimum absolute atomic E-state index is 0.132. The third kappa shape index (κ3) is 7.30. The van der Waals surface area contributed by atoms with Crippen molar-refractivity contribution in [1.29, 1.82) is 0 Å². The van der Waals surface area contributed by atoms with E-state index in [1.807, 2.05) is 26.2 Å². The molecule has 0 unspecified atom stereocenters. The number of hydrogen-bond acceptors (Lipinski definition) is 8. The van der Waals surface area contributed by atoms with Crippen LogP contribution >= 0.6 is 22.9 Å². The van der Waals surface area contributed by atoms with Gasteiger partial charge in [-0.25, -0.2) is 4.98 Å². The summed E-state index contributed by atoms with van der Waals surface area (Å²) in [4.78, 5) is 30.9. The molecular weight excluding hydrogens is 514 g/mol. The molecule has 1 aromatic heterocycles. The summed E-state index contributed by atoms with van der Waals surface area (Å²) in [6.07, 6.45) is 2.77. The fourth-order valence-corrected chi connectivity index (χ4v) is 5.90. The average Bonchev–Trinajstić information content (AvgIpc) is 3.27. The molecule has 0 aromatic carbocycles. The highest BCUT2D eigenvalue weighted by atomic mass is 35.5. The molecule has 0 spiro atoms. The van der Waals surface area contributed by atoms with Crippen LogP contribution in [0, 0.1) is 24.2 Å². The number of carbonyl (C=O) groups excluding carboxylic acids is 2. The van der Waals surface area contributed by atoms with Gasteiger partial charge in [-0.05, 0) is 45.1 Å². The Bertz CT molecular complexity index is 1020. The summed E-state index contributed by atoms with van der Waals surface area (Å²) in [5.41, 5.74) is -0.975. The lowest BCUT2D eigenvalue weighted by molar-refractivity contribution is -0.154. The fraction of sp³-hybridized carbons (Fsp3) is 0.679. The summed E-state index contributed by atoms with van der Waals surface area (Å²) in [6.45, 7) is 12.8. The molecule has 3 rings (SSSR count). The normalized spacial score (nSPS) is 35.9. The second kappa shape index (κ2) is 12.1. The molecule has 2 aliphatic heterocycles. The van der Waals surface area contributed by atoms with E-state index in [0.717, 1.165) is 24.3 Å². The van der Waals surface area contributed by atoms with Crippen molar-refractivity contribution in [3.63, 3.8) is 0 Å². The van der Waals surface area contributed by atoms with Crippen LogP contribution in [-0.4, -0.2) is 57.0 Å². The molecule has 2 N–H and O–H groups in total. The van der Waals surface area contributed by atoms with E-state index in [2.05, 4.69) is 11.6 Å². The number of carbonyl (C=O) groups is 2. The van der Waals surface area contributed by atoms with Crippen LogP contribution in [-0.2, 0) is 19.1 Å². The number of aromatic nitrogens is 1. The van der Waals surface area contributed by atoms with Crippen molar-refractivity contribution in [2.24, 2.45) is 17.3 Å². The molecule has 0 radical (unpaired) electrons. The van der Waals surface area contributed by atoms with Gasteiger partial charge in [0, 0.05) is 17.7 Å². The topological polar surface area (TPSA) is 109 Å². The van der Waals surface area contributed by atoms with Gasteiger partial charge in [0.15, 0.2) is 0 Å². The smallest absolute Gasteiger partial charge is 0.309 e. The predicted octanol–water partition coefficient (Wildman–Crippen LogP) is 5.21. The van der Waals surface area contributed by atoms with Crippen LogP contribution in [0.25, 0.3) is 6.08 Å². The van der Waals surface area contributed by atoms with Gasteiger partial charge in [0.2, 0.25) is 0 Å². The quantitative estimate of drug-likeness (QED) is 0.299. The van der Waals surface area contributed by atoms with Crippen molar-refractivity contribution in [3.8, 4) is 0 Å². The molecule has 7 atom stereocenters. The molecule has 2 fully saturated rings. The Morgan fingerprint density at radius 1 is 1.32 bits per heavy atom. The molecule has 7 nitrogen and oxygen atoms in total. The van der Waals surface area contributed by atoms with Gasteiger partial charge in [0.25, 0.3) is 0 Å². The number of Topliss-reactive ketones (excluding diaryl/α,β-unsaturated/α-hetero) is 1. The van der Waals surface area contributed by atoms with Crippen LogP contribution in [0.4, 0.5) is 0 Å². The Labute approximate surface area is 228 Å². The molecule has 0 amide bonds. The summed E-state index contributed by atoms with van der Waals surface area (Å²) in [7, 11) is 0. The second-order valence-electron chi connectivity index (χ2n) is 11.3. The Kier molecular flexibility index (Phi) is 9.78. The minimum Gasteiger partial charge on any atom is -0.456 e. The van der Waals surface area contributed by atoms with E-state index in [-0.39, 0.29) is 36.2 Å². The van der Waals surface area contributed by atoms with E-state index < -0.39 is 35.6 Å². The number of esters is 1. The van der Waals surface area contributed by atoms with Crippen molar-refractivity contribution < 1.29 is 29.3 Å². The molecule has 37 heavy (non-hydrogen) atoms. The number of nitrogens with zero attached hydrogens (tertiary/aromatic N) is 1. The highest BCUT2D eigenvalue weighted by Crippen LogP contribution is 2.45. The lowest BCUT2D eigenvalue weighted by Crippen LogP contribution is -2.46. The van der Waals surface area contributed by atoms with Crippen molar-refractivity contribution >= 4 is 40.8 Å². The molecule has 3 heterocycles. The number of epoxide rings is 1. The predicted molar refractivity (Wildman–Crippen MR) is 145 cm³/mol. The number of allylic oxidation sites excluding steroid dienone is 1. The molecule has 9 heteroatoms. The number of hydrogen-bond donors (Lipinski definition) is 2. The van der Waals surface area contributed by atoms with Gasteiger partial charge in [0.05, 0.1) is 51.5 Å². The van der Waals surface area contributed by atoms with E-state index in [1.165, 1.54) is 11.3 Å². The zero-order chi connectivity index (χ0) is 27.5. The molecule has 2 aliphatic rings. The van der Waals surface area contributed by atoms with E-state index in [4.69, 9.17) is 21.1 Å². The van der Waals surface area contributed by atoms with Gasteiger partial charge in [0.1, 0.15) is 11.9 Å². The minimum atomic E-state index is -1.30. The molecule has 0 saturated carbocycles. The van der Waals surface area contributed by atoms with Gasteiger partial charge in [-0.2, -0.15) is 0 Å². The molecule has 206 valence electrons. The zero-order valence-corrected chi connectivity index (χ0v) is 24.0. The number of halogens is 1. The van der Waals surface area contributed by atoms with E-state index >= 15 is 0 Å². The van der Waals surface area contributed by atoms with Gasteiger partial charge >= 0.3 is 5.97 Å². The number of rotatable bonds is 4. The number of aliphatic hydroxyl groups is 2. The van der Waals surface area contributed by atoms with Crippen LogP contribution in [0.1, 0.15) is 76.9 Å². The van der Waals surface area contributed by atoms with E-state index in [0.29, 0.717) is 17.1 Å². The van der Waals surface area contributed by atoms with Crippen LogP contribution in [0.3, 0.4) is 0 Å². The molecule has 0 bridgehead atoms. The molecule has 0 aliphatic carbocycles. The molecule has 1 aromatic rings. The Morgan fingerprint density at radius 2 is 2.03 bits per heavy atom. The Balaban J connectivity index is 1.88. The first kappa shape index (κ1) is 30.0. The van der Waals surface area contributed by atoms with Crippen molar-refractivity contribution in [2.75, 3.05) is 0 Å². The summed E-state index contributed by atoms with van der Waals surface area (Å²) < 4.78 is 11.8. The first-order chi connectivity index (χ1) is 17.3. The molecular formula is C28H40ClNO6S. The highest BCUT2D eigenvalue weighted by Gasteiger charge is 2.53. The largest absolute Gasteiger partial charge is 0.456 e. The van der Waals surface area contributed by atoms with Crippen LogP contribution in [0.15, 0.2) is 23.1 Å². The summed E-state index contributed by atoms with van der Waals surface area (Å²) in [5.74, 6) is -1.83. The van der Waals surface area contributed by atoms with Gasteiger partial charge in [-0.3, -0.25) is 9.59 Å². The van der Waals surface area contributed by atoms with Crippen LogP contribution in [0.5, 0.6) is 0 Å². The highest BCUT2D eigenvalue weighted by molar-refractivity contribution is 7.09. The molecule has 2 saturated heterocycles. The van der Waals surface area contributed by atoms with Gasteiger partial charge in [-0.15, -0.1) is 17.9 Å². The lowest BCUT2D eigenvalue weighted by atomic mass is 9.71. The summed E-state index contributed by atoms with van der Waals surface area (Å²) in [6, 6.07) is 0. The first-order valence-electron chi connectivity index (χ1n) is 13.0. The number of fused-ring (bicyclic) bond motifs is 1. The summed E-state index contributed by atoms with van der Waals surface area (Å²) >= 11 is 8.14.